The molecule has 0 aliphatic carbocycles. The quantitative estimate of drug-likeness (QED) is 0.627. The fourth-order valence-corrected chi connectivity index (χ4v) is 2.03. The van der Waals surface area contributed by atoms with Crippen LogP contribution in [-0.2, 0) is 19.3 Å². The molecule has 15 heavy (non-hydrogen) atoms. The van der Waals surface area contributed by atoms with Crippen LogP contribution in [0.4, 0.5) is 0 Å². The zero-order chi connectivity index (χ0) is 11.1. The first-order valence-corrected chi connectivity index (χ1v) is 7.06. The molecule has 0 amide bonds. The van der Waals surface area contributed by atoms with Crippen molar-refractivity contribution in [3.05, 3.63) is 0 Å². The molecule has 0 radical (unpaired) electrons. The highest BCUT2D eigenvalue weighted by Crippen LogP contribution is 1.98. The lowest BCUT2D eigenvalue weighted by Gasteiger charge is -2.23. The summed E-state index contributed by atoms with van der Waals surface area (Å²) in [6, 6.07) is 0. The second-order valence-electron chi connectivity index (χ2n) is 3.51. The molecule has 1 N–H and O–H groups in total. The third-order valence-corrected chi connectivity index (χ3v) is 3.99. The molecule has 0 bridgehead atoms. The summed E-state index contributed by atoms with van der Waals surface area (Å²) in [4.78, 5) is 0. The number of ether oxygens (including phenoxy) is 2. The van der Waals surface area contributed by atoms with E-state index in [1.807, 2.05) is 0 Å². The first-order valence-electron chi connectivity index (χ1n) is 5.24. The van der Waals surface area contributed by atoms with Crippen molar-refractivity contribution in [3.8, 4) is 0 Å². The van der Waals surface area contributed by atoms with Crippen molar-refractivity contribution in [2.75, 3.05) is 44.4 Å². The van der Waals surface area contributed by atoms with Crippen molar-refractivity contribution in [1.29, 1.82) is 0 Å². The van der Waals surface area contributed by atoms with E-state index in [9.17, 15) is 8.42 Å². The molecule has 1 saturated heterocycles. The lowest BCUT2D eigenvalue weighted by Crippen LogP contribution is -2.38. The first kappa shape index (κ1) is 12.9. The standard InChI is InChI=1S/C9H19NO4S/c1-2-15(11,12)6-3-10-7-9-8-13-4-5-14-9/h9-10H,2-8H2,1H3. The van der Waals surface area contributed by atoms with Crippen molar-refractivity contribution in [1.82, 2.24) is 5.32 Å². The number of sulfone groups is 1. The van der Waals surface area contributed by atoms with Crippen molar-refractivity contribution in [2.45, 2.75) is 13.0 Å². The van der Waals surface area contributed by atoms with Crippen LogP contribution in [0.5, 0.6) is 0 Å². The molecule has 1 unspecified atom stereocenters. The van der Waals surface area contributed by atoms with E-state index in [0.29, 0.717) is 32.9 Å². The van der Waals surface area contributed by atoms with Gasteiger partial charge in [0.05, 0.1) is 31.7 Å². The molecule has 1 atom stereocenters. The Balaban J connectivity index is 2.06. The topological polar surface area (TPSA) is 64.6 Å². The Morgan fingerprint density at radius 3 is 2.80 bits per heavy atom. The van der Waals surface area contributed by atoms with Crippen LogP contribution >= 0.6 is 0 Å². The highest BCUT2D eigenvalue weighted by Gasteiger charge is 2.14. The molecule has 0 saturated carbocycles. The predicted molar refractivity (Wildman–Crippen MR) is 57.8 cm³/mol. The molecule has 0 aromatic rings. The van der Waals surface area contributed by atoms with Gasteiger partial charge in [-0.05, 0) is 0 Å². The third-order valence-electron chi connectivity index (χ3n) is 2.29. The Hall–Kier alpha value is -0.170. The minimum Gasteiger partial charge on any atom is -0.376 e. The summed E-state index contributed by atoms with van der Waals surface area (Å²) in [6.07, 6.45) is 0.0584. The fraction of sp³-hybridized carbons (Fsp3) is 1.00. The van der Waals surface area contributed by atoms with E-state index in [2.05, 4.69) is 5.32 Å². The van der Waals surface area contributed by atoms with Crippen LogP contribution in [0, 0.1) is 0 Å². The summed E-state index contributed by atoms with van der Waals surface area (Å²) >= 11 is 0. The van der Waals surface area contributed by atoms with E-state index in [-0.39, 0.29) is 17.6 Å². The largest absolute Gasteiger partial charge is 0.376 e. The Bertz CT molecular complexity index is 259. The van der Waals surface area contributed by atoms with Crippen molar-refractivity contribution >= 4 is 9.84 Å². The average molecular weight is 237 g/mol. The number of nitrogens with one attached hydrogen (secondary N) is 1. The van der Waals surface area contributed by atoms with Crippen LogP contribution in [0.25, 0.3) is 0 Å². The molecule has 1 aliphatic heterocycles. The lowest BCUT2D eigenvalue weighted by molar-refractivity contribution is -0.0861. The van der Waals surface area contributed by atoms with Gasteiger partial charge in [0.15, 0.2) is 9.84 Å². The van der Waals surface area contributed by atoms with Crippen molar-refractivity contribution < 1.29 is 17.9 Å². The van der Waals surface area contributed by atoms with Gasteiger partial charge in [-0.15, -0.1) is 0 Å². The molecule has 1 fully saturated rings. The van der Waals surface area contributed by atoms with Crippen LogP contribution in [0.15, 0.2) is 0 Å². The van der Waals surface area contributed by atoms with Crippen molar-refractivity contribution in [3.63, 3.8) is 0 Å². The van der Waals surface area contributed by atoms with Crippen LogP contribution in [-0.4, -0.2) is 58.9 Å². The maximum absolute atomic E-state index is 11.2. The summed E-state index contributed by atoms with van der Waals surface area (Å²) in [6.45, 7) is 4.66. The summed E-state index contributed by atoms with van der Waals surface area (Å²) in [5, 5.41) is 3.06. The minimum atomic E-state index is -2.86. The van der Waals surface area contributed by atoms with E-state index in [0.717, 1.165) is 0 Å². The molecule has 1 heterocycles. The van der Waals surface area contributed by atoms with Gasteiger partial charge in [-0.1, -0.05) is 6.92 Å². The van der Waals surface area contributed by atoms with Gasteiger partial charge in [0.1, 0.15) is 0 Å². The van der Waals surface area contributed by atoms with Gasteiger partial charge in [0, 0.05) is 18.8 Å². The molecule has 1 aliphatic rings. The summed E-state index contributed by atoms with van der Waals surface area (Å²) in [7, 11) is -2.86. The molecule has 6 heteroatoms. The highest BCUT2D eigenvalue weighted by atomic mass is 32.2. The van der Waals surface area contributed by atoms with Crippen LogP contribution in [0.1, 0.15) is 6.92 Å². The van der Waals surface area contributed by atoms with Crippen LogP contribution in [0.3, 0.4) is 0 Å². The Morgan fingerprint density at radius 2 is 2.20 bits per heavy atom. The second-order valence-corrected chi connectivity index (χ2v) is 5.98. The van der Waals surface area contributed by atoms with E-state index in [4.69, 9.17) is 9.47 Å². The molecule has 5 nitrogen and oxygen atoms in total. The van der Waals surface area contributed by atoms with Gasteiger partial charge >= 0.3 is 0 Å². The van der Waals surface area contributed by atoms with E-state index in [1.165, 1.54) is 0 Å². The normalized spacial score (nSPS) is 22.9. The van der Waals surface area contributed by atoms with E-state index >= 15 is 0 Å². The second kappa shape index (κ2) is 6.42. The Morgan fingerprint density at radius 1 is 1.40 bits per heavy atom. The lowest BCUT2D eigenvalue weighted by atomic mass is 10.3. The smallest absolute Gasteiger partial charge is 0.151 e. The number of hydrogen-bond acceptors (Lipinski definition) is 5. The zero-order valence-corrected chi connectivity index (χ0v) is 9.88. The van der Waals surface area contributed by atoms with Gasteiger partial charge in [-0.25, -0.2) is 8.42 Å². The molecule has 0 aromatic heterocycles. The van der Waals surface area contributed by atoms with E-state index < -0.39 is 9.84 Å². The Labute approximate surface area is 91.1 Å². The zero-order valence-electron chi connectivity index (χ0n) is 9.07. The van der Waals surface area contributed by atoms with Gasteiger partial charge in [-0.3, -0.25) is 0 Å². The van der Waals surface area contributed by atoms with Crippen molar-refractivity contribution in [2.24, 2.45) is 0 Å². The van der Waals surface area contributed by atoms with Gasteiger partial charge in [-0.2, -0.15) is 0 Å². The highest BCUT2D eigenvalue weighted by molar-refractivity contribution is 7.91. The monoisotopic (exact) mass is 237 g/mol. The predicted octanol–water partition coefficient (Wildman–Crippen LogP) is -0.574. The average Bonchev–Trinajstić information content (AvgIpc) is 2.26. The fourth-order valence-electron chi connectivity index (χ4n) is 1.29. The number of rotatable bonds is 6. The third kappa shape index (κ3) is 5.46. The molecule has 90 valence electrons. The molecule has 0 aromatic carbocycles. The van der Waals surface area contributed by atoms with Crippen LogP contribution < -0.4 is 5.32 Å². The SMILES string of the molecule is CCS(=O)(=O)CCNCC1COCCO1. The summed E-state index contributed by atoms with van der Waals surface area (Å²) in [5.41, 5.74) is 0. The van der Waals surface area contributed by atoms with Crippen LogP contribution in [0.2, 0.25) is 0 Å². The maximum atomic E-state index is 11.2. The van der Waals surface area contributed by atoms with Gasteiger partial charge in [0.2, 0.25) is 0 Å². The first-order chi connectivity index (χ1) is 7.14. The van der Waals surface area contributed by atoms with Gasteiger partial charge in [0.25, 0.3) is 0 Å². The summed E-state index contributed by atoms with van der Waals surface area (Å²) in [5.74, 6) is 0.398. The summed E-state index contributed by atoms with van der Waals surface area (Å²) < 4.78 is 32.9. The van der Waals surface area contributed by atoms with E-state index in [1.54, 1.807) is 6.92 Å². The Kier molecular flexibility index (Phi) is 5.52. The molecule has 1 rings (SSSR count). The maximum Gasteiger partial charge on any atom is 0.151 e. The molecular weight excluding hydrogens is 218 g/mol. The molecule has 0 spiro atoms. The number of hydrogen-bond donors (Lipinski definition) is 1. The minimum absolute atomic E-state index is 0.0584. The van der Waals surface area contributed by atoms with Gasteiger partial charge < -0.3 is 14.8 Å². The molecular formula is C9H19NO4S.